The van der Waals surface area contributed by atoms with Crippen LogP contribution >= 0.6 is 15.9 Å². The van der Waals surface area contributed by atoms with Crippen molar-refractivity contribution in [3.63, 3.8) is 0 Å². The van der Waals surface area contributed by atoms with Gasteiger partial charge in [0.25, 0.3) is 5.56 Å². The van der Waals surface area contributed by atoms with E-state index in [1.54, 1.807) is 6.07 Å². The lowest BCUT2D eigenvalue weighted by Crippen LogP contribution is -2.30. The van der Waals surface area contributed by atoms with Gasteiger partial charge in [-0.05, 0) is 41.4 Å². The number of halogens is 1. The Morgan fingerprint density at radius 3 is 3.20 bits per heavy atom. The van der Waals surface area contributed by atoms with Gasteiger partial charge < -0.3 is 9.88 Å². The molecule has 1 aromatic heterocycles. The Kier molecular flexibility index (Phi) is 2.21. The number of nitrogens with zero attached hydrogens (tertiary/aromatic N) is 1. The summed E-state index contributed by atoms with van der Waals surface area (Å²) in [7, 11) is 0. The number of nitrogens with one attached hydrogen (secondary N) is 1. The van der Waals surface area contributed by atoms with E-state index in [0.29, 0.717) is 12.0 Å². The second-order valence-corrected chi connectivity index (χ2v) is 5.17. The van der Waals surface area contributed by atoms with Gasteiger partial charge in [0.05, 0.1) is 0 Å². The third-order valence-electron chi connectivity index (χ3n) is 3.28. The van der Waals surface area contributed by atoms with Gasteiger partial charge in [0.2, 0.25) is 0 Å². The highest BCUT2D eigenvalue weighted by Crippen LogP contribution is 2.43. The maximum Gasteiger partial charge on any atom is 0.250 e. The standard InChI is InChI=1S/C11H13BrN2O/c12-8-2-3-10(15)14-5-1-4-13-9-6-7(9)11(8)14/h2-3,7,9,13H,1,4-6H2. The summed E-state index contributed by atoms with van der Waals surface area (Å²) in [6.07, 6.45) is 2.20. The molecule has 3 rings (SSSR count). The van der Waals surface area contributed by atoms with E-state index < -0.39 is 0 Å². The van der Waals surface area contributed by atoms with Crippen molar-refractivity contribution in [2.45, 2.75) is 31.3 Å². The van der Waals surface area contributed by atoms with E-state index in [0.717, 1.165) is 24.0 Å². The molecular formula is C11H13BrN2O. The summed E-state index contributed by atoms with van der Waals surface area (Å²) in [5, 5.41) is 3.51. The van der Waals surface area contributed by atoms with Crippen molar-refractivity contribution in [1.82, 2.24) is 9.88 Å². The van der Waals surface area contributed by atoms with E-state index in [2.05, 4.69) is 21.2 Å². The van der Waals surface area contributed by atoms with Crippen LogP contribution < -0.4 is 10.9 Å². The molecule has 4 heteroatoms. The SMILES string of the molecule is O=c1ccc(Br)c2n1CCCNC1CC21. The first-order valence-electron chi connectivity index (χ1n) is 5.40. The van der Waals surface area contributed by atoms with Crippen LogP contribution in [-0.2, 0) is 6.54 Å². The van der Waals surface area contributed by atoms with Crippen molar-refractivity contribution < 1.29 is 0 Å². The second kappa shape index (κ2) is 3.46. The maximum absolute atomic E-state index is 11.8. The van der Waals surface area contributed by atoms with Gasteiger partial charge in [-0.2, -0.15) is 0 Å². The van der Waals surface area contributed by atoms with Gasteiger partial charge >= 0.3 is 0 Å². The highest BCUT2D eigenvalue weighted by Gasteiger charge is 2.41. The predicted molar refractivity (Wildman–Crippen MR) is 62.2 cm³/mol. The van der Waals surface area contributed by atoms with E-state index in [1.807, 2.05) is 10.6 Å². The van der Waals surface area contributed by atoms with Crippen LogP contribution in [0.25, 0.3) is 0 Å². The minimum atomic E-state index is 0.140. The summed E-state index contributed by atoms with van der Waals surface area (Å²) in [4.78, 5) is 11.8. The Hall–Kier alpha value is -0.610. The fourth-order valence-electron chi connectivity index (χ4n) is 2.42. The van der Waals surface area contributed by atoms with Crippen molar-refractivity contribution in [3.8, 4) is 0 Å². The van der Waals surface area contributed by atoms with Crippen LogP contribution in [0, 0.1) is 0 Å². The first-order valence-corrected chi connectivity index (χ1v) is 6.19. The number of hydrogen-bond acceptors (Lipinski definition) is 2. The third kappa shape index (κ3) is 1.56. The lowest BCUT2D eigenvalue weighted by atomic mass is 10.2. The quantitative estimate of drug-likeness (QED) is 0.773. The molecule has 1 aromatic rings. The molecule has 3 nitrogen and oxygen atoms in total. The smallest absolute Gasteiger partial charge is 0.250 e. The highest BCUT2D eigenvalue weighted by molar-refractivity contribution is 9.10. The van der Waals surface area contributed by atoms with E-state index in [4.69, 9.17) is 0 Å². The zero-order valence-electron chi connectivity index (χ0n) is 8.37. The van der Waals surface area contributed by atoms with Crippen molar-refractivity contribution >= 4 is 15.9 Å². The summed E-state index contributed by atoms with van der Waals surface area (Å²) < 4.78 is 3.02. The topological polar surface area (TPSA) is 34.0 Å². The number of aromatic nitrogens is 1. The fourth-order valence-corrected chi connectivity index (χ4v) is 3.06. The molecule has 2 heterocycles. The molecule has 0 radical (unpaired) electrons. The summed E-state index contributed by atoms with van der Waals surface area (Å²) >= 11 is 3.56. The first kappa shape index (κ1) is 9.60. The van der Waals surface area contributed by atoms with Crippen molar-refractivity contribution in [2.24, 2.45) is 0 Å². The monoisotopic (exact) mass is 268 g/mol. The van der Waals surface area contributed by atoms with Gasteiger partial charge in [-0.3, -0.25) is 4.79 Å². The molecule has 0 bridgehead atoms. The molecule has 0 spiro atoms. The van der Waals surface area contributed by atoms with Crippen LogP contribution in [0.15, 0.2) is 21.4 Å². The Morgan fingerprint density at radius 2 is 2.33 bits per heavy atom. The molecule has 1 aliphatic heterocycles. The van der Waals surface area contributed by atoms with Crippen LogP contribution in [0.5, 0.6) is 0 Å². The van der Waals surface area contributed by atoms with Gasteiger partial charge in [-0.25, -0.2) is 0 Å². The largest absolute Gasteiger partial charge is 0.313 e. The number of hydrogen-bond donors (Lipinski definition) is 1. The molecule has 0 aromatic carbocycles. The zero-order valence-corrected chi connectivity index (χ0v) is 9.96. The number of fused-ring (bicyclic) bond motifs is 3. The molecule has 2 atom stereocenters. The minimum absolute atomic E-state index is 0.140. The number of rotatable bonds is 0. The molecule has 15 heavy (non-hydrogen) atoms. The molecule has 2 unspecified atom stereocenters. The summed E-state index contributed by atoms with van der Waals surface area (Å²) in [6.45, 7) is 1.86. The van der Waals surface area contributed by atoms with E-state index >= 15 is 0 Å². The molecule has 80 valence electrons. The summed E-state index contributed by atoms with van der Waals surface area (Å²) in [5.41, 5.74) is 1.33. The Balaban J connectivity index is 2.16. The van der Waals surface area contributed by atoms with Crippen LogP contribution in [0.1, 0.15) is 24.5 Å². The van der Waals surface area contributed by atoms with Crippen molar-refractivity contribution in [1.29, 1.82) is 0 Å². The average molecular weight is 269 g/mol. The fraction of sp³-hybridized carbons (Fsp3) is 0.545. The normalized spacial score (nSPS) is 28.6. The zero-order chi connectivity index (χ0) is 10.4. The Bertz CT molecular complexity index is 454. The molecular weight excluding hydrogens is 256 g/mol. The van der Waals surface area contributed by atoms with Crippen LogP contribution in [0.4, 0.5) is 0 Å². The van der Waals surface area contributed by atoms with E-state index in [-0.39, 0.29) is 5.56 Å². The maximum atomic E-state index is 11.8. The molecule has 1 aliphatic carbocycles. The molecule has 1 N–H and O–H groups in total. The first-order chi connectivity index (χ1) is 7.27. The van der Waals surface area contributed by atoms with E-state index in [1.165, 1.54) is 12.1 Å². The summed E-state index contributed by atoms with van der Waals surface area (Å²) in [5.74, 6) is 0.536. The van der Waals surface area contributed by atoms with Gasteiger partial charge in [-0.15, -0.1) is 0 Å². The van der Waals surface area contributed by atoms with Gasteiger partial charge in [0, 0.05) is 34.7 Å². The summed E-state index contributed by atoms with van der Waals surface area (Å²) in [6, 6.07) is 4.13. The molecule has 1 fully saturated rings. The molecule has 2 aliphatic rings. The predicted octanol–water partition coefficient (Wildman–Crippen LogP) is 1.46. The van der Waals surface area contributed by atoms with Gasteiger partial charge in [0.1, 0.15) is 0 Å². The van der Waals surface area contributed by atoms with Crippen LogP contribution in [-0.4, -0.2) is 17.2 Å². The van der Waals surface area contributed by atoms with Crippen molar-refractivity contribution in [2.75, 3.05) is 6.54 Å². The number of pyridine rings is 1. The van der Waals surface area contributed by atoms with E-state index in [9.17, 15) is 4.79 Å². The molecule has 0 amide bonds. The Morgan fingerprint density at radius 1 is 1.47 bits per heavy atom. The lowest BCUT2D eigenvalue weighted by Gasteiger charge is -2.17. The lowest BCUT2D eigenvalue weighted by molar-refractivity contribution is 0.520. The highest BCUT2D eigenvalue weighted by atomic mass is 79.9. The third-order valence-corrected chi connectivity index (χ3v) is 3.95. The van der Waals surface area contributed by atoms with Crippen LogP contribution in [0.2, 0.25) is 0 Å². The van der Waals surface area contributed by atoms with Gasteiger partial charge in [-0.1, -0.05) is 0 Å². The Labute approximate surface area is 96.6 Å². The molecule has 0 saturated heterocycles. The van der Waals surface area contributed by atoms with Crippen LogP contribution in [0.3, 0.4) is 0 Å². The average Bonchev–Trinajstić information content (AvgIpc) is 2.91. The molecule has 1 saturated carbocycles. The minimum Gasteiger partial charge on any atom is -0.313 e. The second-order valence-electron chi connectivity index (χ2n) is 4.31. The van der Waals surface area contributed by atoms with Gasteiger partial charge in [0.15, 0.2) is 0 Å². The van der Waals surface area contributed by atoms with Crippen molar-refractivity contribution in [3.05, 3.63) is 32.7 Å².